The van der Waals surface area contributed by atoms with Crippen LogP contribution < -0.4 is 14.8 Å². The largest absolute Gasteiger partial charge is 0.486 e. The highest BCUT2D eigenvalue weighted by Gasteiger charge is 2.16. The molecule has 26 heavy (non-hydrogen) atoms. The van der Waals surface area contributed by atoms with Crippen LogP contribution in [0.1, 0.15) is 32.1 Å². The van der Waals surface area contributed by atoms with Gasteiger partial charge in [-0.15, -0.1) is 0 Å². The standard InChI is InChI=1S/C18H23NO5S2/c20-17(19-13-5-6-15-16(11-13)23-9-8-22-15)12-24-18(21)4-2-1-3-14-7-10-25-26-14/h5-6,11,14H,1-4,7-10,12H2,(H,19,20)/t14-/m0/s1. The average Bonchev–Trinajstić information content (AvgIpc) is 3.17. The molecule has 1 fully saturated rings. The fraction of sp³-hybridized carbons (Fsp3) is 0.556. The van der Waals surface area contributed by atoms with Gasteiger partial charge in [-0.05, 0) is 31.4 Å². The zero-order valence-corrected chi connectivity index (χ0v) is 16.2. The third-order valence-corrected chi connectivity index (χ3v) is 7.08. The third kappa shape index (κ3) is 6.02. The molecule has 3 rings (SSSR count). The van der Waals surface area contributed by atoms with Crippen molar-refractivity contribution in [3.8, 4) is 11.5 Å². The summed E-state index contributed by atoms with van der Waals surface area (Å²) in [6, 6.07) is 5.18. The van der Waals surface area contributed by atoms with Crippen molar-refractivity contribution in [1.82, 2.24) is 0 Å². The molecule has 2 heterocycles. The second-order valence-corrected chi connectivity index (χ2v) is 8.93. The maximum absolute atomic E-state index is 11.9. The van der Waals surface area contributed by atoms with Crippen LogP contribution in [0.4, 0.5) is 5.69 Å². The highest BCUT2D eigenvalue weighted by Crippen LogP contribution is 2.39. The second-order valence-electron chi connectivity index (χ2n) is 6.14. The van der Waals surface area contributed by atoms with Gasteiger partial charge in [0, 0.05) is 29.2 Å². The van der Waals surface area contributed by atoms with Crippen molar-refractivity contribution in [3.05, 3.63) is 18.2 Å². The van der Waals surface area contributed by atoms with Gasteiger partial charge < -0.3 is 19.5 Å². The molecule has 1 aromatic rings. The Kier molecular flexibility index (Phi) is 7.37. The van der Waals surface area contributed by atoms with Crippen molar-refractivity contribution in [2.24, 2.45) is 0 Å². The van der Waals surface area contributed by atoms with Gasteiger partial charge >= 0.3 is 5.97 Å². The molecule has 1 amide bonds. The molecule has 2 aliphatic rings. The lowest BCUT2D eigenvalue weighted by Crippen LogP contribution is -2.21. The lowest BCUT2D eigenvalue weighted by molar-refractivity contribution is -0.147. The van der Waals surface area contributed by atoms with Gasteiger partial charge in [0.1, 0.15) is 13.2 Å². The third-order valence-electron chi connectivity index (χ3n) is 4.07. The van der Waals surface area contributed by atoms with Crippen LogP contribution in [0.5, 0.6) is 11.5 Å². The topological polar surface area (TPSA) is 73.9 Å². The van der Waals surface area contributed by atoms with Crippen LogP contribution in [0.3, 0.4) is 0 Å². The van der Waals surface area contributed by atoms with Crippen LogP contribution >= 0.6 is 21.6 Å². The normalized spacial score (nSPS) is 18.4. The monoisotopic (exact) mass is 397 g/mol. The quantitative estimate of drug-likeness (QED) is 0.408. The Morgan fingerprint density at radius 2 is 2.04 bits per heavy atom. The minimum Gasteiger partial charge on any atom is -0.486 e. The van der Waals surface area contributed by atoms with Gasteiger partial charge in [-0.25, -0.2) is 0 Å². The van der Waals surface area contributed by atoms with Crippen LogP contribution in [-0.2, 0) is 14.3 Å². The number of nitrogens with one attached hydrogen (secondary N) is 1. The number of esters is 1. The Morgan fingerprint density at radius 1 is 1.19 bits per heavy atom. The number of carbonyl (C=O) groups excluding carboxylic acids is 2. The molecule has 0 aromatic heterocycles. The first-order chi connectivity index (χ1) is 12.7. The number of rotatable bonds is 8. The van der Waals surface area contributed by atoms with Crippen LogP contribution in [-0.4, -0.2) is 42.7 Å². The van der Waals surface area contributed by atoms with E-state index in [1.165, 1.54) is 12.2 Å². The van der Waals surface area contributed by atoms with Crippen LogP contribution in [0.25, 0.3) is 0 Å². The number of fused-ring (bicyclic) bond motifs is 1. The Labute approximate surface area is 161 Å². The van der Waals surface area contributed by atoms with Gasteiger partial charge in [0.25, 0.3) is 5.91 Å². The smallest absolute Gasteiger partial charge is 0.306 e. The summed E-state index contributed by atoms with van der Waals surface area (Å²) in [7, 11) is 3.89. The molecule has 0 unspecified atom stereocenters. The van der Waals surface area contributed by atoms with Crippen LogP contribution in [0.2, 0.25) is 0 Å². The second kappa shape index (κ2) is 9.97. The molecule has 0 aliphatic carbocycles. The first-order valence-electron chi connectivity index (χ1n) is 8.84. The van der Waals surface area contributed by atoms with Gasteiger partial charge in [-0.1, -0.05) is 28.0 Å². The molecule has 1 saturated heterocycles. The van der Waals surface area contributed by atoms with Crippen LogP contribution in [0, 0.1) is 0 Å². The summed E-state index contributed by atoms with van der Waals surface area (Å²) in [6.07, 6.45) is 4.61. The minimum absolute atomic E-state index is 0.275. The number of carbonyl (C=O) groups is 2. The first-order valence-corrected chi connectivity index (χ1v) is 11.2. The van der Waals surface area contributed by atoms with Crippen molar-refractivity contribution in [2.75, 3.05) is 30.9 Å². The highest BCUT2D eigenvalue weighted by atomic mass is 33.1. The fourth-order valence-corrected chi connectivity index (χ4v) is 5.77. The molecule has 8 heteroatoms. The first kappa shape index (κ1) is 19.2. The van der Waals surface area contributed by atoms with E-state index < -0.39 is 0 Å². The summed E-state index contributed by atoms with van der Waals surface area (Å²) in [5, 5.41) is 3.42. The summed E-state index contributed by atoms with van der Waals surface area (Å²) in [5.74, 6) is 1.81. The highest BCUT2D eigenvalue weighted by molar-refractivity contribution is 8.77. The van der Waals surface area contributed by atoms with E-state index in [1.54, 1.807) is 18.2 Å². The van der Waals surface area contributed by atoms with Crippen LogP contribution in [0.15, 0.2) is 18.2 Å². The molecular formula is C18H23NO5S2. The molecule has 0 bridgehead atoms. The van der Waals surface area contributed by atoms with Crippen molar-refractivity contribution in [1.29, 1.82) is 0 Å². The summed E-state index contributed by atoms with van der Waals surface area (Å²) in [6.45, 7) is 0.732. The predicted molar refractivity (Wildman–Crippen MR) is 104 cm³/mol. The van der Waals surface area contributed by atoms with Gasteiger partial charge in [0.05, 0.1) is 0 Å². The lowest BCUT2D eigenvalue weighted by atomic mass is 10.1. The summed E-state index contributed by atoms with van der Waals surface area (Å²) >= 11 is 0. The SMILES string of the molecule is O=C(COC(=O)CCCC[C@H]1CCSS1)Nc1ccc2c(c1)OCCO2. The van der Waals surface area contributed by atoms with E-state index in [2.05, 4.69) is 5.32 Å². The van der Waals surface area contributed by atoms with Crippen molar-refractivity contribution in [3.63, 3.8) is 0 Å². The van der Waals surface area contributed by atoms with E-state index in [9.17, 15) is 9.59 Å². The fourth-order valence-electron chi connectivity index (χ4n) is 2.74. The molecule has 2 aliphatic heterocycles. The molecule has 142 valence electrons. The molecular weight excluding hydrogens is 374 g/mol. The Balaban J connectivity index is 1.31. The van der Waals surface area contributed by atoms with E-state index in [0.717, 1.165) is 24.5 Å². The summed E-state index contributed by atoms with van der Waals surface area (Å²) in [5.41, 5.74) is 0.585. The number of ether oxygens (including phenoxy) is 3. The maximum Gasteiger partial charge on any atom is 0.306 e. The van der Waals surface area contributed by atoms with Gasteiger partial charge in [0.2, 0.25) is 0 Å². The molecule has 6 nitrogen and oxygen atoms in total. The van der Waals surface area contributed by atoms with Gasteiger partial charge in [-0.2, -0.15) is 0 Å². The molecule has 1 N–H and O–H groups in total. The van der Waals surface area contributed by atoms with E-state index in [-0.39, 0.29) is 18.5 Å². The Hall–Kier alpha value is -1.54. The van der Waals surface area contributed by atoms with Gasteiger partial charge in [0.15, 0.2) is 18.1 Å². The number of benzene rings is 1. The Morgan fingerprint density at radius 3 is 2.85 bits per heavy atom. The minimum atomic E-state index is -0.366. The number of hydrogen-bond acceptors (Lipinski definition) is 7. The number of unbranched alkanes of at least 4 members (excludes halogenated alkanes) is 1. The summed E-state index contributed by atoms with van der Waals surface area (Å²) in [4.78, 5) is 23.7. The molecule has 0 spiro atoms. The maximum atomic E-state index is 11.9. The van der Waals surface area contributed by atoms with E-state index in [4.69, 9.17) is 14.2 Å². The summed E-state index contributed by atoms with van der Waals surface area (Å²) < 4.78 is 15.9. The molecule has 1 atom stereocenters. The number of anilines is 1. The average molecular weight is 398 g/mol. The van der Waals surface area contributed by atoms with E-state index in [1.807, 2.05) is 21.6 Å². The molecule has 0 radical (unpaired) electrons. The molecule has 1 aromatic carbocycles. The van der Waals surface area contributed by atoms with Crippen molar-refractivity contribution in [2.45, 2.75) is 37.4 Å². The zero-order valence-electron chi connectivity index (χ0n) is 14.5. The van der Waals surface area contributed by atoms with Crippen molar-refractivity contribution >= 4 is 39.2 Å². The van der Waals surface area contributed by atoms with Gasteiger partial charge in [-0.3, -0.25) is 9.59 Å². The Bertz CT molecular complexity index is 634. The zero-order chi connectivity index (χ0) is 18.2. The number of amides is 1. The van der Waals surface area contributed by atoms with E-state index >= 15 is 0 Å². The van der Waals surface area contributed by atoms with E-state index in [0.29, 0.717) is 36.8 Å². The predicted octanol–water partition coefficient (Wildman–Crippen LogP) is 3.65. The molecule has 0 saturated carbocycles. The lowest BCUT2D eigenvalue weighted by Gasteiger charge is -2.19. The number of hydrogen-bond donors (Lipinski definition) is 1. The van der Waals surface area contributed by atoms with Crippen molar-refractivity contribution < 1.29 is 23.8 Å².